The minimum Gasteiger partial charge on any atom is -0.437 e. The monoisotopic (exact) mass is 768 g/mol. The summed E-state index contributed by atoms with van der Waals surface area (Å²) in [7, 11) is 0. The number of amidine groups is 1. The van der Waals surface area contributed by atoms with Gasteiger partial charge in [0.15, 0.2) is 0 Å². The van der Waals surface area contributed by atoms with Gasteiger partial charge in [-0.2, -0.15) is 0 Å². The van der Waals surface area contributed by atoms with Crippen LogP contribution in [0.1, 0.15) is 122 Å². The molecule has 3 rings (SSSR count). The molecule has 5 nitrogen and oxygen atoms in total. The number of benzene rings is 1. The van der Waals surface area contributed by atoms with Crippen LogP contribution < -0.4 is 5.32 Å². The van der Waals surface area contributed by atoms with Crippen LogP contribution in [0.5, 0.6) is 0 Å². The van der Waals surface area contributed by atoms with E-state index in [1.807, 2.05) is 32.9 Å². The quantitative estimate of drug-likeness (QED) is 0.0884. The summed E-state index contributed by atoms with van der Waals surface area (Å²) < 4.78 is 28.6. The summed E-state index contributed by atoms with van der Waals surface area (Å²) in [6, 6.07) is 12.9. The smallest absolute Gasteiger partial charge is 0.437 e. The average Bonchev–Trinajstić information content (AvgIpc) is 2.92. The van der Waals surface area contributed by atoms with Crippen molar-refractivity contribution in [2.24, 2.45) is 10.4 Å². The third-order valence-corrected chi connectivity index (χ3v) is 7.73. The molecular formula is C35H45F2N5Pt. The van der Waals surface area contributed by atoms with Crippen molar-refractivity contribution in [2.45, 2.75) is 105 Å². The van der Waals surface area contributed by atoms with Crippen LogP contribution in [0.2, 0.25) is 0 Å². The Morgan fingerprint density at radius 1 is 0.930 bits per heavy atom. The molecule has 1 aromatic carbocycles. The van der Waals surface area contributed by atoms with E-state index in [0.717, 1.165) is 60.3 Å². The normalized spacial score (nSPS) is 13.5. The van der Waals surface area contributed by atoms with Crippen LogP contribution in [0.4, 0.5) is 14.6 Å². The molecule has 0 fully saturated rings. The minimum absolute atomic E-state index is 0. The van der Waals surface area contributed by atoms with E-state index in [0.29, 0.717) is 17.4 Å². The molecule has 2 aromatic heterocycles. The van der Waals surface area contributed by atoms with Crippen LogP contribution in [0, 0.1) is 28.5 Å². The molecule has 0 radical (unpaired) electrons. The van der Waals surface area contributed by atoms with Gasteiger partial charge in [0.1, 0.15) is 0 Å². The number of anilines is 1. The molecule has 0 saturated carbocycles. The van der Waals surface area contributed by atoms with Gasteiger partial charge in [-0.1, -0.05) is 96.2 Å². The molecule has 234 valence electrons. The molecule has 2 heterocycles. The second kappa shape index (κ2) is 15.3. The Balaban J connectivity index is 0.00000645. The van der Waals surface area contributed by atoms with E-state index >= 15 is 0 Å². The molecule has 8 heteroatoms. The first-order valence-electron chi connectivity index (χ1n) is 14.9. The van der Waals surface area contributed by atoms with Crippen molar-refractivity contribution in [2.75, 3.05) is 5.32 Å². The van der Waals surface area contributed by atoms with Gasteiger partial charge in [0.05, 0.1) is 0 Å². The number of rotatable bonds is 11. The van der Waals surface area contributed by atoms with E-state index in [1.54, 1.807) is 0 Å². The Labute approximate surface area is 271 Å². The largest absolute Gasteiger partial charge is 2.00 e. The Morgan fingerprint density at radius 3 is 2.02 bits per heavy atom. The van der Waals surface area contributed by atoms with E-state index in [2.05, 4.69) is 76.4 Å². The second-order valence-corrected chi connectivity index (χ2v) is 12.8. The van der Waals surface area contributed by atoms with Crippen molar-refractivity contribution < 1.29 is 29.8 Å². The maximum Gasteiger partial charge on any atom is 2.00 e. The standard InChI is InChI=1S/C35H45F2N5.Pt/c1-10-12-22(3)24-16-29(27-15-14-26(36)20-28(27)37)41-30(17-24)35(8,9)31-18-25(23(4)13-11-2)19-32(42-31)39-21-40-33(38)34(5,6)7;/h14,16-20,22-23H,10-13H2,1-9H3,(H2,38,39,40,42);/q-2;+2. The van der Waals surface area contributed by atoms with Crippen molar-refractivity contribution in [3.05, 3.63) is 76.6 Å². The molecule has 0 aliphatic carbocycles. The third-order valence-electron chi connectivity index (χ3n) is 7.73. The Bertz CT molecular complexity index is 1430. The van der Waals surface area contributed by atoms with Crippen molar-refractivity contribution >= 4 is 18.0 Å². The molecule has 0 aliphatic heterocycles. The number of pyridine rings is 2. The van der Waals surface area contributed by atoms with Crippen molar-refractivity contribution in [1.29, 1.82) is 5.41 Å². The van der Waals surface area contributed by atoms with Gasteiger partial charge in [0.2, 0.25) is 0 Å². The number of hydrogen-bond donors (Lipinski definition) is 2. The molecule has 0 bridgehead atoms. The molecule has 0 amide bonds. The molecule has 0 saturated heterocycles. The zero-order valence-corrected chi connectivity index (χ0v) is 29.1. The molecular weight excluding hydrogens is 723 g/mol. The van der Waals surface area contributed by atoms with Gasteiger partial charge in [-0.05, 0) is 61.8 Å². The molecule has 2 N–H and O–H groups in total. The average molecular weight is 769 g/mol. The minimum atomic E-state index is -0.692. The molecule has 3 aromatic rings. The second-order valence-electron chi connectivity index (χ2n) is 12.8. The Hall–Kier alpha value is -2.79. The topological polar surface area (TPSA) is 74.0 Å². The number of nitrogens with zero attached hydrogens (tertiary/aromatic N) is 3. The van der Waals surface area contributed by atoms with E-state index in [9.17, 15) is 8.78 Å². The van der Waals surface area contributed by atoms with Crippen molar-refractivity contribution in [1.82, 2.24) is 9.97 Å². The summed E-state index contributed by atoms with van der Waals surface area (Å²) in [6.07, 6.45) is 6.83. The summed E-state index contributed by atoms with van der Waals surface area (Å²) in [4.78, 5) is 14.0. The number of hydrogen-bond acceptors (Lipinski definition) is 3. The zero-order chi connectivity index (χ0) is 31.2. The van der Waals surface area contributed by atoms with Crippen LogP contribution in [0.3, 0.4) is 0 Å². The maximum absolute atomic E-state index is 14.9. The van der Waals surface area contributed by atoms with Gasteiger partial charge >= 0.3 is 21.1 Å². The fraction of sp³-hybridized carbons (Fsp3) is 0.486. The fourth-order valence-corrected chi connectivity index (χ4v) is 4.79. The first kappa shape index (κ1) is 36.4. The van der Waals surface area contributed by atoms with Gasteiger partial charge in [0, 0.05) is 46.4 Å². The number of nitrogens with one attached hydrogen (secondary N) is 2. The van der Waals surface area contributed by atoms with Crippen LogP contribution in [-0.2, 0) is 26.5 Å². The number of aromatic nitrogens is 2. The van der Waals surface area contributed by atoms with Gasteiger partial charge < -0.3 is 20.7 Å². The van der Waals surface area contributed by atoms with Crippen LogP contribution >= 0.6 is 0 Å². The summed E-state index contributed by atoms with van der Waals surface area (Å²) in [6.45, 7) is 18.6. The van der Waals surface area contributed by atoms with Crippen molar-refractivity contribution in [3.63, 3.8) is 0 Å². The first-order chi connectivity index (χ1) is 19.7. The number of aliphatic imine (C=N–C) groups is 1. The van der Waals surface area contributed by atoms with E-state index in [1.165, 1.54) is 0 Å². The molecule has 43 heavy (non-hydrogen) atoms. The van der Waals surface area contributed by atoms with E-state index in [-0.39, 0.29) is 38.4 Å². The zero-order valence-electron chi connectivity index (χ0n) is 26.9. The molecule has 0 aliphatic rings. The van der Waals surface area contributed by atoms with Crippen molar-refractivity contribution in [3.8, 4) is 11.3 Å². The van der Waals surface area contributed by atoms with Gasteiger partial charge in [-0.25, -0.2) is 0 Å². The third kappa shape index (κ3) is 9.35. The van der Waals surface area contributed by atoms with Crippen LogP contribution in [0.25, 0.3) is 11.3 Å². The van der Waals surface area contributed by atoms with Crippen LogP contribution in [0.15, 0.2) is 41.4 Å². The first-order valence-corrected chi connectivity index (χ1v) is 14.9. The molecule has 2 unspecified atom stereocenters. The maximum atomic E-state index is 14.9. The fourth-order valence-electron chi connectivity index (χ4n) is 4.79. The number of halogens is 2. The summed E-state index contributed by atoms with van der Waals surface area (Å²) in [5.41, 5.74) is 3.20. The molecule has 2 atom stereocenters. The van der Waals surface area contributed by atoms with E-state index < -0.39 is 22.5 Å². The van der Waals surface area contributed by atoms with Gasteiger partial charge in [0.25, 0.3) is 0 Å². The summed E-state index contributed by atoms with van der Waals surface area (Å²) in [5.74, 6) is -0.0573. The Kier molecular flexibility index (Phi) is 12.9. The molecule has 0 spiro atoms. The Morgan fingerprint density at radius 2 is 1.49 bits per heavy atom. The van der Waals surface area contributed by atoms with Crippen LogP contribution in [-0.4, -0.2) is 22.1 Å². The SMILES string of the molecule is CCCC(C)c1cc(N[C-]=NC(=N)C(C)(C)C)nc(C(C)(C)c2cc(C(C)CCC)cc(-c3[c-]cc(F)cc3F)n2)c1.[Pt+2]. The van der Waals surface area contributed by atoms with Gasteiger partial charge in [-0.3, -0.25) is 13.8 Å². The predicted molar refractivity (Wildman–Crippen MR) is 170 cm³/mol. The summed E-state index contributed by atoms with van der Waals surface area (Å²) >= 11 is 0. The predicted octanol–water partition coefficient (Wildman–Crippen LogP) is 9.69. The van der Waals surface area contributed by atoms with Gasteiger partial charge in [-0.15, -0.1) is 12.1 Å². The summed E-state index contributed by atoms with van der Waals surface area (Å²) in [5, 5.41) is 11.2. The van der Waals surface area contributed by atoms with E-state index in [4.69, 9.17) is 15.4 Å².